The third-order valence-corrected chi connectivity index (χ3v) is 2.98. The van der Waals surface area contributed by atoms with Crippen molar-refractivity contribution in [3.8, 4) is 5.75 Å². The molecule has 2 aromatic rings. The van der Waals surface area contributed by atoms with E-state index in [1.54, 1.807) is 18.6 Å². The van der Waals surface area contributed by atoms with Gasteiger partial charge in [-0.1, -0.05) is 13.0 Å². The Kier molecular flexibility index (Phi) is 4.58. The summed E-state index contributed by atoms with van der Waals surface area (Å²) in [4.78, 5) is 0. The molecule has 2 rings (SSSR count). The number of rotatable bonds is 6. The Morgan fingerprint density at radius 1 is 1.32 bits per heavy atom. The van der Waals surface area contributed by atoms with Crippen LogP contribution in [0, 0.1) is 5.82 Å². The van der Waals surface area contributed by atoms with Crippen LogP contribution in [0.15, 0.2) is 41.2 Å². The van der Waals surface area contributed by atoms with E-state index in [9.17, 15) is 4.39 Å². The highest BCUT2D eigenvalue weighted by Crippen LogP contribution is 2.26. The average molecular weight is 263 g/mol. The first kappa shape index (κ1) is 13.6. The second-order valence-corrected chi connectivity index (χ2v) is 4.34. The van der Waals surface area contributed by atoms with Crippen LogP contribution >= 0.6 is 0 Å². The lowest BCUT2D eigenvalue weighted by Crippen LogP contribution is -2.22. The standard InChI is InChI=1S/C15H18FNO2/c1-3-7-17-15(12-6-8-19-10-12)11-4-5-14(18-2)13(16)9-11/h4-6,8-10,15,17H,3,7H2,1-2H3. The highest BCUT2D eigenvalue weighted by molar-refractivity contribution is 5.35. The lowest BCUT2D eigenvalue weighted by atomic mass is 10.0. The van der Waals surface area contributed by atoms with Gasteiger partial charge in [-0.25, -0.2) is 4.39 Å². The summed E-state index contributed by atoms with van der Waals surface area (Å²) in [6.07, 6.45) is 4.30. The highest BCUT2D eigenvalue weighted by atomic mass is 19.1. The number of methoxy groups -OCH3 is 1. The minimum atomic E-state index is -0.355. The summed E-state index contributed by atoms with van der Waals surface area (Å²) in [7, 11) is 1.46. The smallest absolute Gasteiger partial charge is 0.165 e. The maximum Gasteiger partial charge on any atom is 0.165 e. The van der Waals surface area contributed by atoms with Crippen LogP contribution in [-0.4, -0.2) is 13.7 Å². The molecule has 0 aliphatic rings. The van der Waals surface area contributed by atoms with Crippen molar-refractivity contribution in [1.29, 1.82) is 0 Å². The zero-order valence-electron chi connectivity index (χ0n) is 11.2. The summed E-state index contributed by atoms with van der Waals surface area (Å²) in [5.41, 5.74) is 1.84. The van der Waals surface area contributed by atoms with Crippen LogP contribution in [0.5, 0.6) is 5.75 Å². The number of furan rings is 1. The SMILES string of the molecule is CCCNC(c1ccoc1)c1ccc(OC)c(F)c1. The lowest BCUT2D eigenvalue weighted by molar-refractivity contribution is 0.385. The predicted molar refractivity (Wildman–Crippen MR) is 71.8 cm³/mol. The van der Waals surface area contributed by atoms with Crippen molar-refractivity contribution >= 4 is 0 Å². The summed E-state index contributed by atoms with van der Waals surface area (Å²) in [5, 5.41) is 3.39. The molecule has 0 saturated carbocycles. The number of nitrogens with one attached hydrogen (secondary N) is 1. The summed E-state index contributed by atoms with van der Waals surface area (Å²) >= 11 is 0. The van der Waals surface area contributed by atoms with Crippen molar-refractivity contribution in [3.63, 3.8) is 0 Å². The molecule has 0 bridgehead atoms. The third-order valence-electron chi connectivity index (χ3n) is 2.98. The van der Waals surface area contributed by atoms with Gasteiger partial charge in [0.05, 0.1) is 25.7 Å². The van der Waals surface area contributed by atoms with Gasteiger partial charge in [-0.15, -0.1) is 0 Å². The fourth-order valence-corrected chi connectivity index (χ4v) is 2.02. The fourth-order valence-electron chi connectivity index (χ4n) is 2.02. The molecule has 1 heterocycles. The molecule has 0 radical (unpaired) electrons. The molecule has 19 heavy (non-hydrogen) atoms. The molecule has 0 fully saturated rings. The molecular formula is C15H18FNO2. The van der Waals surface area contributed by atoms with Crippen LogP contribution < -0.4 is 10.1 Å². The maximum atomic E-state index is 13.8. The van der Waals surface area contributed by atoms with Crippen molar-refractivity contribution in [2.24, 2.45) is 0 Å². The van der Waals surface area contributed by atoms with Crippen molar-refractivity contribution in [2.45, 2.75) is 19.4 Å². The highest BCUT2D eigenvalue weighted by Gasteiger charge is 2.16. The fraction of sp³-hybridized carbons (Fsp3) is 0.333. The van der Waals surface area contributed by atoms with Crippen LogP contribution in [0.2, 0.25) is 0 Å². The minimum Gasteiger partial charge on any atom is -0.494 e. The largest absolute Gasteiger partial charge is 0.494 e. The van der Waals surface area contributed by atoms with Crippen LogP contribution in [0.25, 0.3) is 0 Å². The maximum absolute atomic E-state index is 13.8. The van der Waals surface area contributed by atoms with Gasteiger partial charge in [-0.05, 0) is 36.7 Å². The van der Waals surface area contributed by atoms with E-state index in [2.05, 4.69) is 12.2 Å². The van der Waals surface area contributed by atoms with E-state index >= 15 is 0 Å². The average Bonchev–Trinajstić information content (AvgIpc) is 2.93. The first-order valence-corrected chi connectivity index (χ1v) is 6.35. The molecule has 0 aliphatic carbocycles. The van der Waals surface area contributed by atoms with Gasteiger partial charge in [0.1, 0.15) is 0 Å². The van der Waals surface area contributed by atoms with Gasteiger partial charge in [0.15, 0.2) is 11.6 Å². The molecule has 1 aromatic heterocycles. The second-order valence-electron chi connectivity index (χ2n) is 4.34. The lowest BCUT2D eigenvalue weighted by Gasteiger charge is -2.18. The Hall–Kier alpha value is -1.81. The summed E-state index contributed by atoms with van der Waals surface area (Å²) in [6, 6.07) is 6.82. The topological polar surface area (TPSA) is 34.4 Å². The van der Waals surface area contributed by atoms with Crippen molar-refractivity contribution < 1.29 is 13.5 Å². The Balaban J connectivity index is 2.30. The van der Waals surface area contributed by atoms with E-state index in [4.69, 9.17) is 9.15 Å². The first-order chi connectivity index (χ1) is 9.26. The molecule has 1 atom stereocenters. The molecule has 1 unspecified atom stereocenters. The molecule has 0 aliphatic heterocycles. The first-order valence-electron chi connectivity index (χ1n) is 6.35. The third kappa shape index (κ3) is 3.15. The number of hydrogen-bond acceptors (Lipinski definition) is 3. The Morgan fingerprint density at radius 2 is 2.16 bits per heavy atom. The number of benzene rings is 1. The Labute approximate surface area is 112 Å². The van der Waals surface area contributed by atoms with E-state index in [0.29, 0.717) is 0 Å². The van der Waals surface area contributed by atoms with Gasteiger partial charge in [-0.3, -0.25) is 0 Å². The second kappa shape index (κ2) is 6.38. The molecular weight excluding hydrogens is 245 g/mol. The van der Waals surface area contributed by atoms with Gasteiger partial charge in [0.25, 0.3) is 0 Å². The van der Waals surface area contributed by atoms with Crippen molar-refractivity contribution in [1.82, 2.24) is 5.32 Å². The van der Waals surface area contributed by atoms with E-state index < -0.39 is 0 Å². The van der Waals surface area contributed by atoms with Crippen LogP contribution in [0.4, 0.5) is 4.39 Å². The number of hydrogen-bond donors (Lipinski definition) is 1. The molecule has 1 aromatic carbocycles. The van der Waals surface area contributed by atoms with Crippen LogP contribution in [-0.2, 0) is 0 Å². The minimum absolute atomic E-state index is 0.0703. The molecule has 0 spiro atoms. The predicted octanol–water partition coefficient (Wildman–Crippen LogP) is 3.52. The van der Waals surface area contributed by atoms with E-state index in [1.807, 2.05) is 12.1 Å². The van der Waals surface area contributed by atoms with Crippen molar-refractivity contribution in [2.75, 3.05) is 13.7 Å². The molecule has 1 N–H and O–H groups in total. The van der Waals surface area contributed by atoms with Gasteiger partial charge < -0.3 is 14.5 Å². The van der Waals surface area contributed by atoms with E-state index in [0.717, 1.165) is 24.1 Å². The van der Waals surface area contributed by atoms with Crippen molar-refractivity contribution in [3.05, 3.63) is 53.7 Å². The number of ether oxygens (including phenoxy) is 1. The normalized spacial score (nSPS) is 12.4. The molecule has 3 nitrogen and oxygen atoms in total. The van der Waals surface area contributed by atoms with Gasteiger partial charge in [-0.2, -0.15) is 0 Å². The molecule has 0 saturated heterocycles. The van der Waals surface area contributed by atoms with E-state index in [1.165, 1.54) is 13.2 Å². The van der Waals surface area contributed by atoms with Crippen LogP contribution in [0.1, 0.15) is 30.5 Å². The summed E-state index contributed by atoms with van der Waals surface area (Å²) in [6.45, 7) is 2.94. The van der Waals surface area contributed by atoms with E-state index in [-0.39, 0.29) is 17.6 Å². The van der Waals surface area contributed by atoms with Gasteiger partial charge >= 0.3 is 0 Å². The zero-order chi connectivity index (χ0) is 13.7. The quantitative estimate of drug-likeness (QED) is 0.866. The zero-order valence-corrected chi connectivity index (χ0v) is 11.2. The summed E-state index contributed by atoms with van der Waals surface area (Å²) in [5.74, 6) is -0.100. The summed E-state index contributed by atoms with van der Waals surface area (Å²) < 4.78 is 23.8. The molecule has 4 heteroatoms. The molecule has 102 valence electrons. The van der Waals surface area contributed by atoms with Gasteiger partial charge in [0, 0.05) is 5.56 Å². The monoisotopic (exact) mass is 263 g/mol. The molecule has 0 amide bonds. The van der Waals surface area contributed by atoms with Crippen LogP contribution in [0.3, 0.4) is 0 Å². The Morgan fingerprint density at radius 3 is 2.74 bits per heavy atom. The van der Waals surface area contributed by atoms with Gasteiger partial charge in [0.2, 0.25) is 0 Å². The Bertz CT molecular complexity index is 511. The number of halogens is 1.